The summed E-state index contributed by atoms with van der Waals surface area (Å²) in [4.78, 5) is 13.3. The summed E-state index contributed by atoms with van der Waals surface area (Å²) in [6.45, 7) is 0.318. The number of carbonyl (C=O) groups excluding carboxylic acids is 1. The van der Waals surface area contributed by atoms with Crippen molar-refractivity contribution >= 4 is 11.7 Å². The summed E-state index contributed by atoms with van der Waals surface area (Å²) in [6, 6.07) is 0.351. The minimum absolute atomic E-state index is 0.0284. The lowest BCUT2D eigenvalue weighted by Crippen LogP contribution is -2.40. The summed E-state index contributed by atoms with van der Waals surface area (Å²) >= 11 is 0. The lowest BCUT2D eigenvalue weighted by molar-refractivity contribution is 0.0575. The second-order valence-corrected chi connectivity index (χ2v) is 5.67. The van der Waals surface area contributed by atoms with Gasteiger partial charge >= 0.3 is 6.03 Å². The Balaban J connectivity index is 1.98. The lowest BCUT2D eigenvalue weighted by atomic mass is 9.86. The van der Waals surface area contributed by atoms with E-state index in [-0.39, 0.29) is 5.92 Å². The van der Waals surface area contributed by atoms with Gasteiger partial charge in [0.05, 0.1) is 11.8 Å². The molecule has 0 aliphatic heterocycles. The van der Waals surface area contributed by atoms with Crippen molar-refractivity contribution in [3.8, 4) is 0 Å². The number of aliphatic hydroxyl groups excluding tert-OH is 1. The standard InChI is InChI=1S/C15H19F3N2O2/c1-20(8-9-4-2-3-5-14(9)21)15(22)19-13-7-11(17)10(16)6-12(13)18/h6-7,9,14,21H,2-5,8H2,1H3,(H,19,22). The minimum atomic E-state index is -1.31. The predicted octanol–water partition coefficient (Wildman–Crippen LogP) is 3.12. The molecule has 0 saturated heterocycles. The molecule has 0 bridgehead atoms. The highest BCUT2D eigenvalue weighted by atomic mass is 19.2. The van der Waals surface area contributed by atoms with E-state index in [1.807, 2.05) is 0 Å². The van der Waals surface area contributed by atoms with Crippen molar-refractivity contribution in [1.82, 2.24) is 4.90 Å². The summed E-state index contributed by atoms with van der Waals surface area (Å²) < 4.78 is 39.4. The Morgan fingerprint density at radius 1 is 1.23 bits per heavy atom. The molecular formula is C15H19F3N2O2. The Morgan fingerprint density at radius 3 is 2.55 bits per heavy atom. The van der Waals surface area contributed by atoms with Crippen LogP contribution in [0.4, 0.5) is 23.7 Å². The fourth-order valence-electron chi connectivity index (χ4n) is 2.66. The first-order valence-electron chi connectivity index (χ1n) is 7.23. The number of benzene rings is 1. The molecule has 1 saturated carbocycles. The van der Waals surface area contributed by atoms with Gasteiger partial charge in [-0.15, -0.1) is 0 Å². The van der Waals surface area contributed by atoms with E-state index in [2.05, 4.69) is 5.32 Å². The third kappa shape index (κ3) is 3.91. The average Bonchev–Trinajstić information content (AvgIpc) is 2.47. The molecule has 0 heterocycles. The molecule has 1 fully saturated rings. The largest absolute Gasteiger partial charge is 0.393 e. The van der Waals surface area contributed by atoms with Crippen LogP contribution >= 0.6 is 0 Å². The number of hydrogen-bond donors (Lipinski definition) is 2. The quantitative estimate of drug-likeness (QED) is 0.842. The molecule has 2 unspecified atom stereocenters. The number of hydrogen-bond acceptors (Lipinski definition) is 2. The number of halogens is 3. The molecule has 1 aromatic carbocycles. The number of nitrogens with zero attached hydrogens (tertiary/aromatic N) is 1. The molecule has 2 rings (SSSR count). The van der Waals surface area contributed by atoms with Gasteiger partial charge in [0.1, 0.15) is 5.82 Å². The lowest BCUT2D eigenvalue weighted by Gasteiger charge is -2.31. The van der Waals surface area contributed by atoms with E-state index in [0.717, 1.165) is 19.3 Å². The zero-order chi connectivity index (χ0) is 16.3. The van der Waals surface area contributed by atoms with Crippen LogP contribution in [0.25, 0.3) is 0 Å². The van der Waals surface area contributed by atoms with Gasteiger partial charge in [0.25, 0.3) is 0 Å². The van der Waals surface area contributed by atoms with Crippen molar-refractivity contribution in [2.24, 2.45) is 5.92 Å². The second kappa shape index (κ2) is 7.00. The summed E-state index contributed by atoms with van der Waals surface area (Å²) in [5.41, 5.74) is -0.417. The zero-order valence-corrected chi connectivity index (χ0v) is 12.3. The molecule has 122 valence electrons. The van der Waals surface area contributed by atoms with E-state index in [1.54, 1.807) is 0 Å². The second-order valence-electron chi connectivity index (χ2n) is 5.67. The van der Waals surface area contributed by atoms with Gasteiger partial charge in [-0.05, 0) is 12.8 Å². The molecular weight excluding hydrogens is 297 g/mol. The van der Waals surface area contributed by atoms with Crippen LogP contribution in [-0.2, 0) is 0 Å². The van der Waals surface area contributed by atoms with Crippen LogP contribution < -0.4 is 5.32 Å². The van der Waals surface area contributed by atoms with Crippen molar-refractivity contribution in [2.75, 3.05) is 18.9 Å². The Hall–Kier alpha value is -1.76. The SMILES string of the molecule is CN(CC1CCCCC1O)C(=O)Nc1cc(F)c(F)cc1F. The fraction of sp³-hybridized carbons (Fsp3) is 0.533. The van der Waals surface area contributed by atoms with Crippen LogP contribution in [-0.4, -0.2) is 35.7 Å². The van der Waals surface area contributed by atoms with Crippen LogP contribution in [0.2, 0.25) is 0 Å². The van der Waals surface area contributed by atoms with Crippen molar-refractivity contribution < 1.29 is 23.1 Å². The molecule has 22 heavy (non-hydrogen) atoms. The maximum Gasteiger partial charge on any atom is 0.321 e. The maximum absolute atomic E-state index is 13.5. The zero-order valence-electron chi connectivity index (χ0n) is 12.3. The monoisotopic (exact) mass is 316 g/mol. The molecule has 2 N–H and O–H groups in total. The maximum atomic E-state index is 13.5. The van der Waals surface area contributed by atoms with Gasteiger partial charge in [-0.3, -0.25) is 0 Å². The summed E-state index contributed by atoms with van der Waals surface area (Å²) in [5, 5.41) is 12.1. The summed E-state index contributed by atoms with van der Waals surface area (Å²) in [5.74, 6) is -3.62. The first kappa shape index (κ1) is 16.6. The topological polar surface area (TPSA) is 52.6 Å². The molecule has 1 aliphatic carbocycles. The molecule has 2 amide bonds. The minimum Gasteiger partial charge on any atom is -0.393 e. The predicted molar refractivity (Wildman–Crippen MR) is 75.9 cm³/mol. The number of anilines is 1. The molecule has 0 radical (unpaired) electrons. The Labute approximate surface area is 126 Å². The van der Waals surface area contributed by atoms with Gasteiger partial charge in [-0.25, -0.2) is 18.0 Å². The molecule has 0 aromatic heterocycles. The van der Waals surface area contributed by atoms with Crippen LogP contribution in [0.5, 0.6) is 0 Å². The van der Waals surface area contributed by atoms with E-state index in [9.17, 15) is 23.1 Å². The molecule has 0 spiro atoms. The van der Waals surface area contributed by atoms with Crippen LogP contribution in [0.15, 0.2) is 12.1 Å². The smallest absolute Gasteiger partial charge is 0.321 e. The van der Waals surface area contributed by atoms with Crippen molar-refractivity contribution in [1.29, 1.82) is 0 Å². The van der Waals surface area contributed by atoms with Crippen molar-refractivity contribution in [2.45, 2.75) is 31.8 Å². The number of aliphatic hydroxyl groups is 1. The third-order valence-electron chi connectivity index (χ3n) is 3.98. The van der Waals surface area contributed by atoms with Crippen LogP contribution in [0, 0.1) is 23.4 Å². The van der Waals surface area contributed by atoms with Gasteiger partial charge in [-0.2, -0.15) is 0 Å². The van der Waals surface area contributed by atoms with Crippen molar-refractivity contribution in [3.05, 3.63) is 29.6 Å². The normalized spacial score (nSPS) is 21.5. The molecule has 1 aromatic rings. The summed E-state index contributed by atoms with van der Waals surface area (Å²) in [7, 11) is 1.51. The Kier molecular flexibility index (Phi) is 5.28. The molecule has 1 aliphatic rings. The van der Waals surface area contributed by atoms with Gasteiger partial charge in [-0.1, -0.05) is 12.8 Å². The first-order chi connectivity index (χ1) is 10.4. The highest BCUT2D eigenvalue weighted by Gasteiger charge is 2.26. The van der Waals surface area contributed by atoms with Gasteiger partial charge in [0.15, 0.2) is 11.6 Å². The Bertz CT molecular complexity index is 554. The van der Waals surface area contributed by atoms with E-state index in [4.69, 9.17) is 0 Å². The number of urea groups is 1. The van der Waals surface area contributed by atoms with Crippen LogP contribution in [0.1, 0.15) is 25.7 Å². The average molecular weight is 316 g/mol. The first-order valence-corrected chi connectivity index (χ1v) is 7.23. The number of carbonyl (C=O) groups is 1. The molecule has 2 atom stereocenters. The van der Waals surface area contributed by atoms with Crippen LogP contribution in [0.3, 0.4) is 0 Å². The van der Waals surface area contributed by atoms with E-state index in [0.29, 0.717) is 25.1 Å². The number of rotatable bonds is 3. The van der Waals surface area contributed by atoms with Gasteiger partial charge < -0.3 is 15.3 Å². The fourth-order valence-corrected chi connectivity index (χ4v) is 2.66. The van der Waals surface area contributed by atoms with Gasteiger partial charge in [0.2, 0.25) is 0 Å². The van der Waals surface area contributed by atoms with E-state index >= 15 is 0 Å². The molecule has 4 nitrogen and oxygen atoms in total. The summed E-state index contributed by atoms with van der Waals surface area (Å²) in [6.07, 6.45) is 3.03. The third-order valence-corrected chi connectivity index (χ3v) is 3.98. The highest BCUT2D eigenvalue weighted by molar-refractivity contribution is 5.89. The van der Waals surface area contributed by atoms with Crippen molar-refractivity contribution in [3.63, 3.8) is 0 Å². The van der Waals surface area contributed by atoms with E-state index < -0.39 is 35.3 Å². The van der Waals surface area contributed by atoms with Gasteiger partial charge in [0, 0.05) is 31.6 Å². The van der Waals surface area contributed by atoms with E-state index in [1.165, 1.54) is 11.9 Å². The Morgan fingerprint density at radius 2 is 1.86 bits per heavy atom. The number of amides is 2. The highest BCUT2D eigenvalue weighted by Crippen LogP contribution is 2.25. The number of nitrogens with one attached hydrogen (secondary N) is 1. The molecule has 7 heteroatoms.